The van der Waals surface area contributed by atoms with Crippen LogP contribution in [0.15, 0.2) is 35.7 Å². The summed E-state index contributed by atoms with van der Waals surface area (Å²) < 4.78 is 5.49. The van der Waals surface area contributed by atoms with Crippen molar-refractivity contribution >= 4 is 23.2 Å². The number of ketones is 1. The van der Waals surface area contributed by atoms with Gasteiger partial charge >= 0.3 is 6.09 Å². The lowest BCUT2D eigenvalue weighted by atomic mass is 10.1. The standard InChI is InChI=1S/C19H22N2O3S/c1-19(2,3)24-18(23)21-11-7-10-15(21)17-20-14(12-25-17)16(22)13-8-5-4-6-9-13/h4-6,8-9,12,15H,7,10-11H2,1-3H3/t15-/m0/s1. The Hall–Kier alpha value is -2.21. The number of thiazole rings is 1. The van der Waals surface area contributed by atoms with Crippen LogP contribution in [0.2, 0.25) is 0 Å². The molecule has 25 heavy (non-hydrogen) atoms. The van der Waals surface area contributed by atoms with Crippen molar-refractivity contribution in [3.63, 3.8) is 0 Å². The molecule has 2 aromatic rings. The molecule has 0 spiro atoms. The fourth-order valence-corrected chi connectivity index (χ4v) is 3.79. The molecule has 1 aliphatic rings. The van der Waals surface area contributed by atoms with E-state index in [-0.39, 0.29) is 17.9 Å². The van der Waals surface area contributed by atoms with Crippen molar-refractivity contribution in [1.29, 1.82) is 0 Å². The van der Waals surface area contributed by atoms with E-state index in [0.717, 1.165) is 17.8 Å². The maximum atomic E-state index is 12.5. The van der Waals surface area contributed by atoms with E-state index in [4.69, 9.17) is 4.74 Å². The third-order valence-corrected chi connectivity index (χ3v) is 4.90. The maximum absolute atomic E-state index is 12.5. The van der Waals surface area contributed by atoms with E-state index in [1.54, 1.807) is 22.4 Å². The molecule has 0 bridgehead atoms. The van der Waals surface area contributed by atoms with Gasteiger partial charge in [0.2, 0.25) is 5.78 Å². The van der Waals surface area contributed by atoms with Crippen LogP contribution in [0.1, 0.15) is 60.7 Å². The van der Waals surface area contributed by atoms with Gasteiger partial charge in [0.25, 0.3) is 0 Å². The summed E-state index contributed by atoms with van der Waals surface area (Å²) in [5.41, 5.74) is 0.527. The van der Waals surface area contributed by atoms with Crippen molar-refractivity contribution in [2.24, 2.45) is 0 Å². The van der Waals surface area contributed by atoms with E-state index in [2.05, 4.69) is 4.98 Å². The van der Waals surface area contributed by atoms with Gasteiger partial charge in [0, 0.05) is 17.5 Å². The van der Waals surface area contributed by atoms with E-state index < -0.39 is 5.60 Å². The Kier molecular flexibility index (Phi) is 4.90. The number of carbonyl (C=O) groups excluding carboxylic acids is 2. The quantitative estimate of drug-likeness (QED) is 0.761. The van der Waals surface area contributed by atoms with Crippen LogP contribution in [0, 0.1) is 0 Å². The molecule has 6 heteroatoms. The number of amides is 1. The second-order valence-electron chi connectivity index (χ2n) is 7.10. The Balaban J connectivity index is 1.77. The number of ether oxygens (including phenoxy) is 1. The van der Waals surface area contributed by atoms with Crippen LogP contribution < -0.4 is 0 Å². The molecule has 0 unspecified atom stereocenters. The van der Waals surface area contributed by atoms with Gasteiger partial charge in [-0.3, -0.25) is 9.69 Å². The van der Waals surface area contributed by atoms with Gasteiger partial charge in [0.1, 0.15) is 16.3 Å². The minimum Gasteiger partial charge on any atom is -0.444 e. The van der Waals surface area contributed by atoms with Crippen molar-refractivity contribution in [1.82, 2.24) is 9.88 Å². The van der Waals surface area contributed by atoms with Crippen molar-refractivity contribution in [2.45, 2.75) is 45.3 Å². The van der Waals surface area contributed by atoms with Gasteiger partial charge in [-0.1, -0.05) is 30.3 Å². The Bertz CT molecular complexity index is 764. The molecular weight excluding hydrogens is 336 g/mol. The predicted octanol–water partition coefficient (Wildman–Crippen LogP) is 4.45. The third-order valence-electron chi connectivity index (χ3n) is 3.96. The van der Waals surface area contributed by atoms with Gasteiger partial charge in [0.15, 0.2) is 0 Å². The zero-order valence-corrected chi connectivity index (χ0v) is 15.5. The summed E-state index contributed by atoms with van der Waals surface area (Å²) in [4.78, 5) is 31.2. The monoisotopic (exact) mass is 358 g/mol. The largest absolute Gasteiger partial charge is 0.444 e. The SMILES string of the molecule is CC(C)(C)OC(=O)N1CCC[C@H]1c1nc(C(=O)c2ccccc2)cs1. The van der Waals surface area contributed by atoms with Crippen LogP contribution in [0.3, 0.4) is 0 Å². The number of hydrogen-bond donors (Lipinski definition) is 0. The number of carbonyl (C=O) groups is 2. The molecule has 3 rings (SSSR count). The molecule has 0 radical (unpaired) electrons. The summed E-state index contributed by atoms with van der Waals surface area (Å²) in [6.07, 6.45) is 1.43. The zero-order valence-electron chi connectivity index (χ0n) is 14.7. The lowest BCUT2D eigenvalue weighted by Gasteiger charge is -2.27. The van der Waals surface area contributed by atoms with Gasteiger partial charge in [-0.05, 0) is 33.6 Å². The van der Waals surface area contributed by atoms with Gasteiger partial charge in [0.05, 0.1) is 6.04 Å². The topological polar surface area (TPSA) is 59.5 Å². The van der Waals surface area contributed by atoms with Crippen LogP contribution in [-0.4, -0.2) is 33.9 Å². The van der Waals surface area contributed by atoms with E-state index in [1.165, 1.54) is 11.3 Å². The Morgan fingerprint density at radius 3 is 2.64 bits per heavy atom. The smallest absolute Gasteiger partial charge is 0.410 e. The average Bonchev–Trinajstić information content (AvgIpc) is 3.22. The summed E-state index contributed by atoms with van der Waals surface area (Å²) in [6, 6.07) is 9.00. The van der Waals surface area contributed by atoms with Crippen LogP contribution in [0.4, 0.5) is 4.79 Å². The van der Waals surface area contributed by atoms with Crippen LogP contribution in [0.5, 0.6) is 0 Å². The Morgan fingerprint density at radius 2 is 1.96 bits per heavy atom. The van der Waals surface area contributed by atoms with Crippen molar-refractivity contribution in [3.8, 4) is 0 Å². The summed E-state index contributed by atoms with van der Waals surface area (Å²) >= 11 is 1.43. The number of benzene rings is 1. The summed E-state index contributed by atoms with van der Waals surface area (Å²) in [7, 11) is 0. The zero-order chi connectivity index (χ0) is 18.0. The summed E-state index contributed by atoms with van der Waals surface area (Å²) in [5.74, 6) is -0.0927. The highest BCUT2D eigenvalue weighted by molar-refractivity contribution is 7.10. The molecular formula is C19H22N2O3S. The molecule has 1 saturated heterocycles. The first kappa shape index (κ1) is 17.6. The molecule has 0 N–H and O–H groups in total. The number of rotatable bonds is 3. The lowest BCUT2D eigenvalue weighted by Crippen LogP contribution is -2.36. The van der Waals surface area contributed by atoms with Crippen LogP contribution in [-0.2, 0) is 4.74 Å². The number of likely N-dealkylation sites (tertiary alicyclic amines) is 1. The minimum absolute atomic E-state index is 0.0927. The average molecular weight is 358 g/mol. The molecule has 2 heterocycles. The summed E-state index contributed by atoms with van der Waals surface area (Å²) in [5, 5.41) is 2.57. The molecule has 1 aliphatic heterocycles. The highest BCUT2D eigenvalue weighted by atomic mass is 32.1. The Morgan fingerprint density at radius 1 is 1.24 bits per heavy atom. The fraction of sp³-hybridized carbons (Fsp3) is 0.421. The maximum Gasteiger partial charge on any atom is 0.410 e. The molecule has 1 amide bonds. The first-order chi connectivity index (χ1) is 11.8. The molecule has 1 atom stereocenters. The lowest BCUT2D eigenvalue weighted by molar-refractivity contribution is 0.0224. The molecule has 0 aliphatic carbocycles. The van der Waals surface area contributed by atoms with Gasteiger partial charge in [-0.2, -0.15) is 0 Å². The number of nitrogens with zero attached hydrogens (tertiary/aromatic N) is 2. The number of hydrogen-bond acceptors (Lipinski definition) is 5. The molecule has 1 fully saturated rings. The van der Waals surface area contributed by atoms with E-state index >= 15 is 0 Å². The molecule has 1 aromatic carbocycles. The van der Waals surface area contributed by atoms with E-state index in [0.29, 0.717) is 17.8 Å². The van der Waals surface area contributed by atoms with Gasteiger partial charge in [-0.15, -0.1) is 11.3 Å². The first-order valence-corrected chi connectivity index (χ1v) is 9.28. The summed E-state index contributed by atoms with van der Waals surface area (Å²) in [6.45, 7) is 6.23. The molecule has 0 saturated carbocycles. The highest BCUT2D eigenvalue weighted by Crippen LogP contribution is 2.35. The number of aromatic nitrogens is 1. The van der Waals surface area contributed by atoms with Crippen molar-refractivity contribution in [3.05, 3.63) is 52.0 Å². The minimum atomic E-state index is -0.526. The van der Waals surface area contributed by atoms with Gasteiger partial charge in [-0.25, -0.2) is 9.78 Å². The second kappa shape index (κ2) is 6.96. The Labute approximate surface area is 151 Å². The van der Waals surface area contributed by atoms with E-state index in [9.17, 15) is 9.59 Å². The molecule has 1 aromatic heterocycles. The van der Waals surface area contributed by atoms with Crippen molar-refractivity contribution < 1.29 is 14.3 Å². The van der Waals surface area contributed by atoms with Crippen molar-refractivity contribution in [2.75, 3.05) is 6.54 Å². The highest BCUT2D eigenvalue weighted by Gasteiger charge is 2.35. The first-order valence-electron chi connectivity index (χ1n) is 8.40. The predicted molar refractivity (Wildman–Crippen MR) is 96.9 cm³/mol. The van der Waals surface area contributed by atoms with Crippen LogP contribution in [0.25, 0.3) is 0 Å². The second-order valence-corrected chi connectivity index (χ2v) is 7.99. The van der Waals surface area contributed by atoms with E-state index in [1.807, 2.05) is 39.0 Å². The third kappa shape index (κ3) is 4.07. The van der Waals surface area contributed by atoms with Gasteiger partial charge < -0.3 is 4.74 Å². The fourth-order valence-electron chi connectivity index (χ4n) is 2.84. The normalized spacial score (nSPS) is 17.6. The molecule has 5 nitrogen and oxygen atoms in total. The molecule has 132 valence electrons. The van der Waals surface area contributed by atoms with Crippen LogP contribution >= 0.6 is 11.3 Å².